The fourth-order valence-corrected chi connectivity index (χ4v) is 0.813. The number of hydrogen-bond donors (Lipinski definition) is 1. The molecular weight excluding hydrogens is 110 g/mol. The average molecular weight is 114 g/mol. The van der Waals surface area contributed by atoms with Gasteiger partial charge in [0.1, 0.15) is 0 Å². The number of hydrogen-bond acceptors (Lipinski definition) is 2. The van der Waals surface area contributed by atoms with Gasteiger partial charge >= 0.3 is 4.87 Å². The monoisotopic (exact) mass is 114 g/mol. The van der Waals surface area contributed by atoms with Gasteiger partial charge < -0.3 is 4.98 Å². The minimum atomic E-state index is -0.0370. The molecule has 0 bridgehead atoms. The molecule has 3 heteroatoms. The maximum absolute atomic E-state index is 10.2. The maximum atomic E-state index is 10.2. The molecule has 0 spiro atoms. The summed E-state index contributed by atoms with van der Waals surface area (Å²) in [5.74, 6) is 0. The van der Waals surface area contributed by atoms with Crippen LogP contribution in [0, 0.1) is 6.92 Å². The number of thiazole rings is 1. The zero-order chi connectivity index (χ0) is 5.28. The van der Waals surface area contributed by atoms with Crippen LogP contribution in [0.2, 0.25) is 0 Å². The summed E-state index contributed by atoms with van der Waals surface area (Å²) in [6.07, 6.45) is 0. The van der Waals surface area contributed by atoms with E-state index < -0.39 is 0 Å². The van der Waals surface area contributed by atoms with E-state index in [1.165, 1.54) is 0 Å². The SMILES string of the molecule is [CH2]c1csc(=O)[nH]1. The normalized spacial score (nSPS) is 9.29. The molecule has 1 aromatic heterocycles. The predicted molar refractivity (Wildman–Crippen MR) is 29.4 cm³/mol. The maximum Gasteiger partial charge on any atom is 0.304 e. The number of aromatic nitrogens is 1. The fraction of sp³-hybridized carbons (Fsp3) is 0. The van der Waals surface area contributed by atoms with E-state index in [-0.39, 0.29) is 4.87 Å². The van der Waals surface area contributed by atoms with Crippen LogP contribution in [0.4, 0.5) is 0 Å². The van der Waals surface area contributed by atoms with Crippen LogP contribution >= 0.6 is 11.3 Å². The highest BCUT2D eigenvalue weighted by Crippen LogP contribution is 1.88. The van der Waals surface area contributed by atoms with Crippen LogP contribution in [0.3, 0.4) is 0 Å². The summed E-state index contributed by atoms with van der Waals surface area (Å²) >= 11 is 1.13. The Hall–Kier alpha value is -0.570. The van der Waals surface area contributed by atoms with Gasteiger partial charge in [-0.25, -0.2) is 0 Å². The van der Waals surface area contributed by atoms with Gasteiger partial charge in [-0.1, -0.05) is 11.3 Å². The second-order valence-electron chi connectivity index (χ2n) is 1.17. The highest BCUT2D eigenvalue weighted by atomic mass is 32.1. The first-order valence-corrected chi connectivity index (χ1v) is 2.67. The van der Waals surface area contributed by atoms with Crippen molar-refractivity contribution in [3.05, 3.63) is 27.7 Å². The number of aromatic amines is 1. The molecule has 0 saturated heterocycles. The topological polar surface area (TPSA) is 32.9 Å². The molecule has 0 aliphatic heterocycles. The van der Waals surface area contributed by atoms with Crippen molar-refractivity contribution in [3.8, 4) is 0 Å². The fourth-order valence-electron chi connectivity index (χ4n) is 0.315. The number of H-pyrrole nitrogens is 1. The van der Waals surface area contributed by atoms with Gasteiger partial charge in [-0.05, 0) is 6.92 Å². The molecular formula is C4H4NOS. The van der Waals surface area contributed by atoms with E-state index in [9.17, 15) is 4.79 Å². The van der Waals surface area contributed by atoms with E-state index in [1.54, 1.807) is 5.38 Å². The molecule has 1 heterocycles. The molecule has 1 radical (unpaired) electrons. The molecule has 0 unspecified atom stereocenters. The van der Waals surface area contributed by atoms with Crippen LogP contribution in [0.5, 0.6) is 0 Å². The lowest BCUT2D eigenvalue weighted by atomic mass is 10.6. The van der Waals surface area contributed by atoms with Gasteiger partial charge in [-0.3, -0.25) is 4.79 Å². The van der Waals surface area contributed by atoms with E-state index in [1.807, 2.05) is 0 Å². The molecule has 0 aliphatic rings. The van der Waals surface area contributed by atoms with Gasteiger partial charge in [0, 0.05) is 11.1 Å². The van der Waals surface area contributed by atoms with Crippen molar-refractivity contribution in [2.45, 2.75) is 0 Å². The van der Waals surface area contributed by atoms with Gasteiger partial charge in [0.25, 0.3) is 0 Å². The minimum absolute atomic E-state index is 0.0370. The molecule has 0 fully saturated rings. The van der Waals surface area contributed by atoms with Crippen molar-refractivity contribution < 1.29 is 0 Å². The number of rotatable bonds is 0. The second kappa shape index (κ2) is 1.50. The quantitative estimate of drug-likeness (QED) is 0.527. The van der Waals surface area contributed by atoms with Crippen molar-refractivity contribution >= 4 is 11.3 Å². The summed E-state index contributed by atoms with van der Waals surface area (Å²) in [6, 6.07) is 0. The Morgan fingerprint density at radius 2 is 2.57 bits per heavy atom. The third kappa shape index (κ3) is 0.899. The summed E-state index contributed by atoms with van der Waals surface area (Å²) in [5, 5.41) is 1.68. The van der Waals surface area contributed by atoms with Gasteiger partial charge in [0.2, 0.25) is 0 Å². The van der Waals surface area contributed by atoms with Gasteiger partial charge in [0.05, 0.1) is 0 Å². The molecule has 0 aliphatic carbocycles. The molecule has 1 rings (SSSR count). The highest BCUT2D eigenvalue weighted by molar-refractivity contribution is 7.07. The second-order valence-corrected chi connectivity index (χ2v) is 2.02. The van der Waals surface area contributed by atoms with Crippen LogP contribution < -0.4 is 4.87 Å². The first-order valence-electron chi connectivity index (χ1n) is 1.79. The van der Waals surface area contributed by atoms with Crippen LogP contribution in [0.15, 0.2) is 10.2 Å². The lowest BCUT2D eigenvalue weighted by Crippen LogP contribution is -1.90. The minimum Gasteiger partial charge on any atom is -0.317 e. The van der Waals surface area contributed by atoms with Crippen molar-refractivity contribution in [3.63, 3.8) is 0 Å². The van der Waals surface area contributed by atoms with Gasteiger partial charge in [0.15, 0.2) is 0 Å². The van der Waals surface area contributed by atoms with Gasteiger partial charge in [-0.2, -0.15) is 0 Å². The molecule has 0 amide bonds. The lowest BCUT2D eigenvalue weighted by molar-refractivity contribution is 1.29. The third-order valence-corrected chi connectivity index (χ3v) is 1.29. The summed E-state index contributed by atoms with van der Waals surface area (Å²) < 4.78 is 0. The third-order valence-electron chi connectivity index (χ3n) is 0.571. The Morgan fingerprint density at radius 3 is 2.71 bits per heavy atom. The average Bonchev–Trinajstić information content (AvgIpc) is 1.87. The lowest BCUT2D eigenvalue weighted by Gasteiger charge is -1.67. The van der Waals surface area contributed by atoms with Crippen LogP contribution in [0.25, 0.3) is 0 Å². The first-order chi connectivity index (χ1) is 3.29. The molecule has 2 nitrogen and oxygen atoms in total. The van der Waals surface area contributed by atoms with E-state index in [0.717, 1.165) is 11.3 Å². The smallest absolute Gasteiger partial charge is 0.304 e. The molecule has 37 valence electrons. The summed E-state index contributed by atoms with van der Waals surface area (Å²) in [7, 11) is 0. The molecule has 1 aromatic rings. The Bertz CT molecular complexity index is 199. The first kappa shape index (κ1) is 4.59. The van der Waals surface area contributed by atoms with Crippen LogP contribution in [-0.2, 0) is 0 Å². The van der Waals surface area contributed by atoms with E-state index in [4.69, 9.17) is 0 Å². The molecule has 0 atom stereocenters. The summed E-state index contributed by atoms with van der Waals surface area (Å²) in [6.45, 7) is 3.50. The number of nitrogens with one attached hydrogen (secondary N) is 1. The Balaban J connectivity index is 3.30. The summed E-state index contributed by atoms with van der Waals surface area (Å²) in [4.78, 5) is 12.7. The Kier molecular flexibility index (Phi) is 0.982. The molecule has 7 heavy (non-hydrogen) atoms. The van der Waals surface area contributed by atoms with Crippen molar-refractivity contribution in [1.82, 2.24) is 4.98 Å². The largest absolute Gasteiger partial charge is 0.317 e. The molecule has 0 aromatic carbocycles. The van der Waals surface area contributed by atoms with Gasteiger partial charge in [-0.15, -0.1) is 0 Å². The Morgan fingerprint density at radius 1 is 1.86 bits per heavy atom. The van der Waals surface area contributed by atoms with Crippen LogP contribution in [-0.4, -0.2) is 4.98 Å². The standard InChI is InChI=1S/C4H4NOS/c1-3-2-7-4(6)5-3/h2H,1H2,(H,5,6). The zero-order valence-corrected chi connectivity index (χ0v) is 4.42. The van der Waals surface area contributed by atoms with E-state index in [2.05, 4.69) is 11.9 Å². The van der Waals surface area contributed by atoms with Crippen molar-refractivity contribution in [2.75, 3.05) is 0 Å². The van der Waals surface area contributed by atoms with Crippen LogP contribution in [0.1, 0.15) is 5.69 Å². The van der Waals surface area contributed by atoms with Crippen molar-refractivity contribution in [2.24, 2.45) is 0 Å². The highest BCUT2D eigenvalue weighted by Gasteiger charge is 1.83. The Labute approximate surface area is 44.8 Å². The molecule has 0 saturated carbocycles. The predicted octanol–water partition coefficient (Wildman–Crippen LogP) is 0.619. The van der Waals surface area contributed by atoms with E-state index in [0.29, 0.717) is 5.69 Å². The van der Waals surface area contributed by atoms with E-state index >= 15 is 0 Å². The zero-order valence-electron chi connectivity index (χ0n) is 3.60. The molecule has 1 N–H and O–H groups in total. The summed E-state index contributed by atoms with van der Waals surface area (Å²) in [5.41, 5.74) is 0.690. The van der Waals surface area contributed by atoms with Crippen molar-refractivity contribution in [1.29, 1.82) is 0 Å².